The lowest BCUT2D eigenvalue weighted by Crippen LogP contribution is -2.27. The molecule has 0 spiro atoms. The highest BCUT2D eigenvalue weighted by atomic mass is 16.2. The molecule has 0 bridgehead atoms. The molecule has 0 unspecified atom stereocenters. The van der Waals surface area contributed by atoms with Crippen LogP contribution in [0.4, 0.5) is 5.82 Å². The van der Waals surface area contributed by atoms with Crippen LogP contribution in [-0.4, -0.2) is 17.9 Å². The number of hydrogen-bond acceptors (Lipinski definition) is 3. The monoisotopic (exact) mass is 259 g/mol. The van der Waals surface area contributed by atoms with E-state index in [9.17, 15) is 4.79 Å². The zero-order valence-electron chi connectivity index (χ0n) is 12.1. The Labute approximate surface area is 115 Å². The van der Waals surface area contributed by atoms with Crippen molar-refractivity contribution in [1.82, 2.24) is 4.98 Å². The van der Waals surface area contributed by atoms with E-state index in [0.717, 1.165) is 12.8 Å². The highest BCUT2D eigenvalue weighted by molar-refractivity contribution is 5.91. The van der Waals surface area contributed by atoms with Gasteiger partial charge < -0.3 is 0 Å². The predicted molar refractivity (Wildman–Crippen MR) is 75.7 cm³/mol. The van der Waals surface area contributed by atoms with Crippen LogP contribution in [0.2, 0.25) is 0 Å². The Bertz CT molecular complexity index is 466. The van der Waals surface area contributed by atoms with Crippen LogP contribution < -0.4 is 4.90 Å². The summed E-state index contributed by atoms with van der Waals surface area (Å²) in [4.78, 5) is 17.7. The van der Waals surface area contributed by atoms with Crippen molar-refractivity contribution >= 4 is 11.7 Å². The molecule has 0 aromatic carbocycles. The van der Waals surface area contributed by atoms with Gasteiger partial charge in [0.25, 0.3) is 0 Å². The van der Waals surface area contributed by atoms with Crippen LogP contribution in [0.3, 0.4) is 0 Å². The van der Waals surface area contributed by atoms with Gasteiger partial charge >= 0.3 is 0 Å². The summed E-state index contributed by atoms with van der Waals surface area (Å²) in [5.41, 5.74) is 0.753. The number of carbonyl (C=O) groups is 1. The first-order chi connectivity index (χ1) is 8.83. The maximum Gasteiger partial charge on any atom is 0.227 e. The third-order valence-electron chi connectivity index (χ3n) is 2.91. The smallest absolute Gasteiger partial charge is 0.227 e. The summed E-state index contributed by atoms with van der Waals surface area (Å²) in [7, 11) is 1.72. The summed E-state index contributed by atoms with van der Waals surface area (Å²) in [6, 6.07) is 5.37. The molecule has 1 heterocycles. The van der Waals surface area contributed by atoms with Gasteiger partial charge in [-0.1, -0.05) is 20.8 Å². The Morgan fingerprint density at radius 2 is 2.11 bits per heavy atom. The molecule has 0 N–H and O–H groups in total. The maximum absolute atomic E-state index is 12.0. The topological polar surface area (TPSA) is 57.0 Å². The van der Waals surface area contributed by atoms with Crippen LogP contribution in [0.25, 0.3) is 0 Å². The summed E-state index contributed by atoms with van der Waals surface area (Å²) in [6.45, 7) is 6.51. The van der Waals surface area contributed by atoms with Gasteiger partial charge in [0.15, 0.2) is 0 Å². The van der Waals surface area contributed by atoms with Crippen molar-refractivity contribution < 1.29 is 4.79 Å². The molecule has 1 amide bonds. The number of rotatable bonds is 4. The fourth-order valence-corrected chi connectivity index (χ4v) is 1.72. The molecule has 102 valence electrons. The predicted octanol–water partition coefficient (Wildman–Crippen LogP) is 3.13. The fraction of sp³-hybridized carbons (Fsp3) is 0.533. The molecule has 0 fully saturated rings. The van der Waals surface area contributed by atoms with Gasteiger partial charge in [0.2, 0.25) is 5.91 Å². The quantitative estimate of drug-likeness (QED) is 0.834. The first-order valence-electron chi connectivity index (χ1n) is 6.46. The second-order valence-corrected chi connectivity index (χ2v) is 5.88. The number of carbonyl (C=O) groups excluding carboxylic acids is 1. The third-order valence-corrected chi connectivity index (χ3v) is 2.91. The van der Waals surface area contributed by atoms with Gasteiger partial charge in [0.1, 0.15) is 11.9 Å². The molecular weight excluding hydrogens is 238 g/mol. The lowest BCUT2D eigenvalue weighted by Gasteiger charge is -2.19. The van der Waals surface area contributed by atoms with Crippen LogP contribution in [-0.2, 0) is 4.79 Å². The summed E-state index contributed by atoms with van der Waals surface area (Å²) < 4.78 is 0. The molecule has 1 rings (SSSR count). The zero-order valence-corrected chi connectivity index (χ0v) is 12.1. The molecule has 0 radical (unpaired) electrons. The van der Waals surface area contributed by atoms with E-state index in [1.54, 1.807) is 24.1 Å². The van der Waals surface area contributed by atoms with Crippen LogP contribution in [0.1, 0.15) is 45.6 Å². The lowest BCUT2D eigenvalue weighted by atomic mass is 9.90. The summed E-state index contributed by atoms with van der Waals surface area (Å²) in [5, 5.41) is 8.70. The van der Waals surface area contributed by atoms with Crippen molar-refractivity contribution in [2.45, 2.75) is 40.0 Å². The van der Waals surface area contributed by atoms with Crippen molar-refractivity contribution in [1.29, 1.82) is 5.26 Å². The Balaban J connectivity index is 2.54. The van der Waals surface area contributed by atoms with E-state index in [1.165, 1.54) is 6.20 Å². The molecule has 0 atom stereocenters. The van der Waals surface area contributed by atoms with Gasteiger partial charge in [0, 0.05) is 19.7 Å². The molecule has 0 aliphatic heterocycles. The normalized spacial score (nSPS) is 10.9. The first kappa shape index (κ1) is 15.2. The van der Waals surface area contributed by atoms with Crippen molar-refractivity contribution in [3.05, 3.63) is 23.9 Å². The highest BCUT2D eigenvalue weighted by Gasteiger charge is 2.14. The minimum atomic E-state index is 0.0569. The van der Waals surface area contributed by atoms with E-state index in [0.29, 0.717) is 17.8 Å². The van der Waals surface area contributed by atoms with Gasteiger partial charge in [-0.15, -0.1) is 0 Å². The molecular formula is C15H21N3O. The molecule has 1 aromatic heterocycles. The van der Waals surface area contributed by atoms with E-state index < -0.39 is 0 Å². The van der Waals surface area contributed by atoms with E-state index >= 15 is 0 Å². The minimum Gasteiger partial charge on any atom is -0.300 e. The molecule has 0 aliphatic rings. The van der Waals surface area contributed by atoms with E-state index in [4.69, 9.17) is 5.26 Å². The molecule has 19 heavy (non-hydrogen) atoms. The van der Waals surface area contributed by atoms with Gasteiger partial charge in [-0.25, -0.2) is 4.98 Å². The van der Waals surface area contributed by atoms with Gasteiger partial charge in [-0.3, -0.25) is 9.69 Å². The van der Waals surface area contributed by atoms with Gasteiger partial charge in [-0.2, -0.15) is 5.26 Å². The van der Waals surface area contributed by atoms with Crippen LogP contribution >= 0.6 is 0 Å². The zero-order chi connectivity index (χ0) is 14.5. The number of nitriles is 1. The van der Waals surface area contributed by atoms with E-state index in [2.05, 4.69) is 25.8 Å². The number of anilines is 1. The highest BCUT2D eigenvalue weighted by Crippen LogP contribution is 2.22. The first-order valence-corrected chi connectivity index (χ1v) is 6.46. The summed E-state index contributed by atoms with van der Waals surface area (Å²) >= 11 is 0. The molecule has 0 saturated carbocycles. The van der Waals surface area contributed by atoms with Crippen LogP contribution in [0.5, 0.6) is 0 Å². The Morgan fingerprint density at radius 3 is 2.58 bits per heavy atom. The molecule has 4 nitrogen and oxygen atoms in total. The van der Waals surface area contributed by atoms with Gasteiger partial charge in [0.05, 0.1) is 5.56 Å². The van der Waals surface area contributed by atoms with Crippen LogP contribution in [0.15, 0.2) is 18.3 Å². The number of nitrogens with zero attached hydrogens (tertiary/aromatic N) is 3. The third kappa shape index (κ3) is 5.09. The standard InChI is InChI=1S/C15H21N3O/c1-15(2,3)9-5-6-14(19)18(4)13-8-7-12(10-16)11-17-13/h7-8,11H,5-6,9H2,1-4H3. The number of aromatic nitrogens is 1. The van der Waals surface area contributed by atoms with E-state index in [1.807, 2.05) is 6.07 Å². The van der Waals surface area contributed by atoms with E-state index in [-0.39, 0.29) is 11.3 Å². The number of hydrogen-bond donors (Lipinski definition) is 0. The summed E-state index contributed by atoms with van der Waals surface area (Å²) in [5.74, 6) is 0.640. The van der Waals surface area contributed by atoms with Crippen molar-refractivity contribution in [3.8, 4) is 6.07 Å². The Hall–Kier alpha value is -1.89. The summed E-state index contributed by atoms with van der Waals surface area (Å²) in [6.07, 6.45) is 3.90. The van der Waals surface area contributed by atoms with Crippen molar-refractivity contribution in [2.24, 2.45) is 5.41 Å². The van der Waals surface area contributed by atoms with Crippen molar-refractivity contribution in [2.75, 3.05) is 11.9 Å². The molecule has 4 heteroatoms. The number of amides is 1. The Kier molecular flexibility index (Phi) is 5.05. The average Bonchev–Trinajstić information content (AvgIpc) is 2.36. The Morgan fingerprint density at radius 1 is 1.42 bits per heavy atom. The molecule has 0 saturated heterocycles. The molecule has 0 aliphatic carbocycles. The van der Waals surface area contributed by atoms with Crippen LogP contribution in [0, 0.1) is 16.7 Å². The second-order valence-electron chi connectivity index (χ2n) is 5.88. The van der Waals surface area contributed by atoms with Gasteiger partial charge in [-0.05, 0) is 30.4 Å². The molecule has 1 aromatic rings. The minimum absolute atomic E-state index is 0.0569. The largest absolute Gasteiger partial charge is 0.300 e. The fourth-order valence-electron chi connectivity index (χ4n) is 1.72. The second kappa shape index (κ2) is 6.33. The van der Waals surface area contributed by atoms with Crippen molar-refractivity contribution in [3.63, 3.8) is 0 Å². The maximum atomic E-state index is 12.0. The average molecular weight is 259 g/mol. The number of pyridine rings is 1. The SMILES string of the molecule is CN(C(=O)CCCC(C)(C)C)c1ccc(C#N)cn1. The lowest BCUT2D eigenvalue weighted by molar-refractivity contribution is -0.118.